The number of anilines is 1. The Kier molecular flexibility index (Phi) is 4.36. The fourth-order valence-electron chi connectivity index (χ4n) is 1.61. The summed E-state index contributed by atoms with van der Waals surface area (Å²) in [4.78, 5) is 5.70. The average molecular weight is 259 g/mol. The van der Waals surface area contributed by atoms with E-state index in [9.17, 15) is 0 Å². The minimum Gasteiger partial charge on any atom is -0.370 e. The molecule has 1 aromatic carbocycles. The van der Waals surface area contributed by atoms with Crippen molar-refractivity contribution in [1.29, 1.82) is 0 Å². The molecule has 0 aliphatic carbocycles. The Morgan fingerprint density at radius 1 is 1.28 bits per heavy atom. The van der Waals surface area contributed by atoms with Crippen molar-refractivity contribution >= 4 is 23.0 Å². The number of nitrogens with zero attached hydrogens (tertiary/aromatic N) is 1. The lowest BCUT2D eigenvalue weighted by Gasteiger charge is -2.08. The normalized spacial score (nSPS) is 13.3. The summed E-state index contributed by atoms with van der Waals surface area (Å²) in [5.74, 6) is 0.866. The summed E-state index contributed by atoms with van der Waals surface area (Å²) >= 11 is 1.76. The molecular formula is C14H17N3S. The number of benzene rings is 1. The second-order valence-electron chi connectivity index (χ2n) is 4.13. The van der Waals surface area contributed by atoms with Crippen LogP contribution in [0.1, 0.15) is 17.7 Å². The zero-order chi connectivity index (χ0) is 12.8. The van der Waals surface area contributed by atoms with E-state index in [1.165, 1.54) is 4.88 Å². The smallest absolute Gasteiger partial charge is 0.193 e. The number of rotatable bonds is 4. The minimum atomic E-state index is 0.404. The van der Waals surface area contributed by atoms with Crippen LogP contribution in [0.2, 0.25) is 0 Å². The molecule has 0 spiro atoms. The number of hydrogen-bond acceptors (Lipinski definition) is 2. The van der Waals surface area contributed by atoms with Crippen LogP contribution in [0.5, 0.6) is 0 Å². The van der Waals surface area contributed by atoms with Crippen LogP contribution in [-0.4, -0.2) is 12.5 Å². The monoisotopic (exact) mass is 259 g/mol. The molecule has 4 heteroatoms. The van der Waals surface area contributed by atoms with Crippen LogP contribution in [0.4, 0.5) is 5.69 Å². The molecule has 3 nitrogen and oxygen atoms in total. The first-order valence-electron chi connectivity index (χ1n) is 5.91. The van der Waals surface area contributed by atoms with Gasteiger partial charge in [0, 0.05) is 16.5 Å². The van der Waals surface area contributed by atoms with E-state index >= 15 is 0 Å². The largest absolute Gasteiger partial charge is 0.370 e. The third-order valence-electron chi connectivity index (χ3n) is 2.61. The van der Waals surface area contributed by atoms with Crippen molar-refractivity contribution < 1.29 is 0 Å². The molecule has 0 radical (unpaired) electrons. The molecule has 94 valence electrons. The van der Waals surface area contributed by atoms with E-state index in [4.69, 9.17) is 5.73 Å². The van der Waals surface area contributed by atoms with E-state index < -0.39 is 0 Å². The first-order valence-corrected chi connectivity index (χ1v) is 6.79. The molecule has 1 heterocycles. The molecule has 0 saturated carbocycles. The SMILES string of the molecule is CC(CN=C(N)Nc1ccccc1)c1cccs1. The summed E-state index contributed by atoms with van der Waals surface area (Å²) in [7, 11) is 0. The predicted molar refractivity (Wildman–Crippen MR) is 79.3 cm³/mol. The standard InChI is InChI=1S/C14H17N3S/c1-11(13-8-5-9-18-13)10-16-14(15)17-12-6-3-2-4-7-12/h2-9,11H,10H2,1H3,(H3,15,16,17). The zero-order valence-electron chi connectivity index (χ0n) is 10.3. The Balaban J connectivity index is 1.89. The molecular weight excluding hydrogens is 242 g/mol. The molecule has 0 aliphatic heterocycles. The van der Waals surface area contributed by atoms with Crippen molar-refractivity contribution in [2.75, 3.05) is 11.9 Å². The maximum Gasteiger partial charge on any atom is 0.193 e. The van der Waals surface area contributed by atoms with Gasteiger partial charge in [0.2, 0.25) is 0 Å². The summed E-state index contributed by atoms with van der Waals surface area (Å²) < 4.78 is 0. The number of para-hydroxylation sites is 1. The second-order valence-corrected chi connectivity index (χ2v) is 5.11. The van der Waals surface area contributed by atoms with E-state index in [1.54, 1.807) is 11.3 Å². The highest BCUT2D eigenvalue weighted by Gasteiger charge is 2.05. The molecule has 0 amide bonds. The van der Waals surface area contributed by atoms with E-state index in [-0.39, 0.29) is 0 Å². The lowest BCUT2D eigenvalue weighted by molar-refractivity contribution is 0.790. The van der Waals surface area contributed by atoms with Gasteiger partial charge in [-0.1, -0.05) is 31.2 Å². The molecule has 1 atom stereocenters. The molecule has 2 aromatic rings. The van der Waals surface area contributed by atoms with Crippen LogP contribution in [-0.2, 0) is 0 Å². The van der Waals surface area contributed by atoms with Gasteiger partial charge in [0.05, 0.1) is 6.54 Å². The summed E-state index contributed by atoms with van der Waals surface area (Å²) in [6, 6.07) is 14.0. The lowest BCUT2D eigenvalue weighted by atomic mass is 10.1. The summed E-state index contributed by atoms with van der Waals surface area (Å²) in [6.45, 7) is 2.86. The Morgan fingerprint density at radius 3 is 2.72 bits per heavy atom. The minimum absolute atomic E-state index is 0.404. The lowest BCUT2D eigenvalue weighted by Crippen LogP contribution is -2.23. The molecule has 0 aliphatic rings. The quantitative estimate of drug-likeness (QED) is 0.654. The number of thiophene rings is 1. The Hall–Kier alpha value is -1.81. The van der Waals surface area contributed by atoms with Gasteiger partial charge in [-0.3, -0.25) is 4.99 Å². The Morgan fingerprint density at radius 2 is 2.06 bits per heavy atom. The van der Waals surface area contributed by atoms with Gasteiger partial charge in [-0.05, 0) is 23.6 Å². The van der Waals surface area contributed by atoms with Gasteiger partial charge in [-0.2, -0.15) is 0 Å². The van der Waals surface area contributed by atoms with Gasteiger partial charge in [0.1, 0.15) is 0 Å². The van der Waals surface area contributed by atoms with Crippen molar-refractivity contribution in [2.45, 2.75) is 12.8 Å². The van der Waals surface area contributed by atoms with Crippen LogP contribution in [0.3, 0.4) is 0 Å². The van der Waals surface area contributed by atoms with E-state index in [0.717, 1.165) is 5.69 Å². The third-order valence-corrected chi connectivity index (χ3v) is 3.71. The molecule has 1 unspecified atom stereocenters. The predicted octanol–water partition coefficient (Wildman–Crippen LogP) is 3.28. The number of hydrogen-bond donors (Lipinski definition) is 2. The Bertz CT molecular complexity index is 491. The van der Waals surface area contributed by atoms with Crippen molar-refractivity contribution in [1.82, 2.24) is 0 Å². The van der Waals surface area contributed by atoms with Crippen molar-refractivity contribution in [2.24, 2.45) is 10.7 Å². The van der Waals surface area contributed by atoms with Crippen molar-refractivity contribution in [3.05, 3.63) is 52.7 Å². The molecule has 18 heavy (non-hydrogen) atoms. The first-order chi connectivity index (χ1) is 8.75. The molecule has 0 fully saturated rings. The van der Waals surface area contributed by atoms with Crippen LogP contribution in [0, 0.1) is 0 Å². The van der Waals surface area contributed by atoms with Crippen LogP contribution >= 0.6 is 11.3 Å². The number of nitrogens with one attached hydrogen (secondary N) is 1. The van der Waals surface area contributed by atoms with Gasteiger partial charge >= 0.3 is 0 Å². The van der Waals surface area contributed by atoms with Gasteiger partial charge in [-0.15, -0.1) is 11.3 Å². The van der Waals surface area contributed by atoms with Crippen molar-refractivity contribution in [3.63, 3.8) is 0 Å². The first kappa shape index (κ1) is 12.6. The van der Waals surface area contributed by atoms with Crippen LogP contribution < -0.4 is 11.1 Å². The fraction of sp³-hybridized carbons (Fsp3) is 0.214. The van der Waals surface area contributed by atoms with Gasteiger partial charge in [0.15, 0.2) is 5.96 Å². The molecule has 0 bridgehead atoms. The van der Waals surface area contributed by atoms with Gasteiger partial charge in [0.25, 0.3) is 0 Å². The van der Waals surface area contributed by atoms with Crippen LogP contribution in [0.25, 0.3) is 0 Å². The number of aliphatic imine (C=N–C) groups is 1. The number of guanidine groups is 1. The average Bonchev–Trinajstić information content (AvgIpc) is 2.91. The maximum absolute atomic E-state index is 5.85. The third kappa shape index (κ3) is 3.60. The Labute approximate surface area is 111 Å². The van der Waals surface area contributed by atoms with Gasteiger partial charge < -0.3 is 11.1 Å². The highest BCUT2D eigenvalue weighted by molar-refractivity contribution is 7.10. The fourth-order valence-corrected chi connectivity index (χ4v) is 2.38. The van der Waals surface area contributed by atoms with E-state index in [1.807, 2.05) is 30.3 Å². The summed E-state index contributed by atoms with van der Waals surface area (Å²) in [5.41, 5.74) is 6.81. The maximum atomic E-state index is 5.85. The summed E-state index contributed by atoms with van der Waals surface area (Å²) in [6.07, 6.45) is 0. The van der Waals surface area contributed by atoms with E-state index in [0.29, 0.717) is 18.4 Å². The molecule has 2 rings (SSSR count). The molecule has 1 aromatic heterocycles. The topological polar surface area (TPSA) is 50.4 Å². The highest BCUT2D eigenvalue weighted by atomic mass is 32.1. The second kappa shape index (κ2) is 6.21. The highest BCUT2D eigenvalue weighted by Crippen LogP contribution is 2.20. The van der Waals surface area contributed by atoms with Gasteiger partial charge in [-0.25, -0.2) is 0 Å². The van der Waals surface area contributed by atoms with E-state index in [2.05, 4.69) is 34.7 Å². The van der Waals surface area contributed by atoms with Crippen LogP contribution in [0.15, 0.2) is 52.8 Å². The number of nitrogens with two attached hydrogens (primary N) is 1. The zero-order valence-corrected chi connectivity index (χ0v) is 11.2. The molecule has 3 N–H and O–H groups in total. The summed E-state index contributed by atoms with van der Waals surface area (Å²) in [5, 5.41) is 5.16. The molecule has 0 saturated heterocycles. The van der Waals surface area contributed by atoms with Crippen molar-refractivity contribution in [3.8, 4) is 0 Å².